The summed E-state index contributed by atoms with van der Waals surface area (Å²) in [7, 11) is 1.71. The zero-order valence-electron chi connectivity index (χ0n) is 11.9. The van der Waals surface area contributed by atoms with Gasteiger partial charge in [0.1, 0.15) is 11.4 Å². The maximum atomic E-state index is 11.8. The summed E-state index contributed by atoms with van der Waals surface area (Å²) in [6.45, 7) is 0. The Bertz CT molecular complexity index is 572. The van der Waals surface area contributed by atoms with E-state index in [4.69, 9.17) is 9.47 Å². The fourth-order valence-electron chi connectivity index (χ4n) is 4.79. The largest absolute Gasteiger partial charge is 0.497 e. The third-order valence-electron chi connectivity index (χ3n) is 5.68. The zero-order valence-corrected chi connectivity index (χ0v) is 11.9. The van der Waals surface area contributed by atoms with Crippen LogP contribution in [-0.2, 0) is 21.4 Å². The number of hydrogen-bond acceptors (Lipinski definition) is 3. The van der Waals surface area contributed by atoms with Crippen LogP contribution < -0.4 is 4.74 Å². The lowest BCUT2D eigenvalue weighted by Gasteiger charge is -2.40. The number of benzene rings is 1. The number of hydrogen-bond donors (Lipinski definition) is 0. The lowest BCUT2D eigenvalue weighted by molar-refractivity contribution is -0.153. The van der Waals surface area contributed by atoms with Crippen molar-refractivity contribution in [1.29, 1.82) is 0 Å². The molecular formula is C17H20O3. The molecule has 0 radical (unpaired) electrons. The first-order valence-corrected chi connectivity index (χ1v) is 7.58. The molecule has 3 nitrogen and oxygen atoms in total. The molecule has 1 unspecified atom stereocenters. The maximum absolute atomic E-state index is 11.8. The number of esters is 1. The van der Waals surface area contributed by atoms with Gasteiger partial charge in [0.15, 0.2) is 0 Å². The van der Waals surface area contributed by atoms with Gasteiger partial charge in [-0.15, -0.1) is 0 Å². The molecule has 1 heterocycles. The molecule has 2 aliphatic carbocycles. The van der Waals surface area contributed by atoms with E-state index in [-0.39, 0.29) is 17.0 Å². The van der Waals surface area contributed by atoms with Gasteiger partial charge < -0.3 is 9.47 Å². The Balaban J connectivity index is 1.88. The van der Waals surface area contributed by atoms with E-state index in [2.05, 4.69) is 12.1 Å². The minimum absolute atomic E-state index is 0.0175. The molecule has 1 aromatic carbocycles. The topological polar surface area (TPSA) is 35.5 Å². The van der Waals surface area contributed by atoms with Crippen molar-refractivity contribution in [2.75, 3.05) is 7.11 Å². The first-order chi connectivity index (χ1) is 9.69. The van der Waals surface area contributed by atoms with Crippen molar-refractivity contribution in [3.05, 3.63) is 29.3 Å². The Morgan fingerprint density at radius 3 is 2.65 bits per heavy atom. The number of rotatable bonds is 1. The highest BCUT2D eigenvalue weighted by Crippen LogP contribution is 2.60. The highest BCUT2D eigenvalue weighted by atomic mass is 16.6. The van der Waals surface area contributed by atoms with Crippen LogP contribution in [0.1, 0.15) is 49.7 Å². The van der Waals surface area contributed by atoms with Gasteiger partial charge in [-0.05, 0) is 42.5 Å². The van der Waals surface area contributed by atoms with Crippen LogP contribution in [0.3, 0.4) is 0 Å². The molecule has 1 aromatic rings. The Labute approximate surface area is 119 Å². The monoisotopic (exact) mass is 272 g/mol. The van der Waals surface area contributed by atoms with E-state index >= 15 is 0 Å². The molecule has 106 valence electrons. The summed E-state index contributed by atoms with van der Waals surface area (Å²) in [5.74, 6) is 0.896. The van der Waals surface area contributed by atoms with E-state index in [1.165, 1.54) is 24.0 Å². The molecule has 1 aliphatic heterocycles. The van der Waals surface area contributed by atoms with Gasteiger partial charge in [-0.3, -0.25) is 4.79 Å². The second kappa shape index (κ2) is 4.00. The summed E-state index contributed by atoms with van der Waals surface area (Å²) >= 11 is 0. The first-order valence-electron chi connectivity index (χ1n) is 7.58. The second-order valence-electron chi connectivity index (χ2n) is 6.46. The molecule has 1 saturated heterocycles. The van der Waals surface area contributed by atoms with Gasteiger partial charge in [-0.25, -0.2) is 0 Å². The molecule has 20 heavy (non-hydrogen) atoms. The molecule has 0 amide bonds. The van der Waals surface area contributed by atoms with Gasteiger partial charge in [-0.1, -0.05) is 18.9 Å². The molecular weight excluding hydrogens is 252 g/mol. The van der Waals surface area contributed by atoms with Crippen molar-refractivity contribution in [3.8, 4) is 5.75 Å². The highest BCUT2D eigenvalue weighted by molar-refractivity contribution is 5.73. The van der Waals surface area contributed by atoms with E-state index in [0.29, 0.717) is 6.42 Å². The number of methoxy groups -OCH3 is 1. The third-order valence-corrected chi connectivity index (χ3v) is 5.68. The predicted octanol–water partition coefficient (Wildman–Crippen LogP) is 3.14. The smallest absolute Gasteiger partial charge is 0.306 e. The van der Waals surface area contributed by atoms with Crippen molar-refractivity contribution in [2.45, 2.75) is 56.0 Å². The first kappa shape index (κ1) is 12.2. The molecule has 3 heteroatoms. The summed E-state index contributed by atoms with van der Waals surface area (Å²) in [4.78, 5) is 11.8. The minimum atomic E-state index is -0.269. The molecule has 0 bridgehead atoms. The average molecular weight is 272 g/mol. The Morgan fingerprint density at radius 2 is 2.00 bits per heavy atom. The molecule has 4 rings (SSSR count). The SMILES string of the molecule is COc1ccc2c(c1)C1(CCCC1)C1(CCC(=O)O1)C2. The summed E-state index contributed by atoms with van der Waals surface area (Å²) in [5.41, 5.74) is 2.50. The standard InChI is InChI=1S/C17H20O3/c1-19-13-5-4-12-11-17(9-6-15(18)20-17)16(14(12)10-13)7-2-3-8-16/h4-5,10H,2-3,6-9,11H2,1H3. The predicted molar refractivity (Wildman–Crippen MR) is 74.9 cm³/mol. The molecule has 0 N–H and O–H groups in total. The van der Waals surface area contributed by atoms with Gasteiger partial charge in [0.25, 0.3) is 0 Å². The van der Waals surface area contributed by atoms with E-state index in [9.17, 15) is 4.79 Å². The van der Waals surface area contributed by atoms with Crippen LogP contribution in [0.2, 0.25) is 0 Å². The Morgan fingerprint density at radius 1 is 1.20 bits per heavy atom. The summed E-state index contributed by atoms with van der Waals surface area (Å²) in [5, 5.41) is 0. The maximum Gasteiger partial charge on any atom is 0.306 e. The van der Waals surface area contributed by atoms with Gasteiger partial charge >= 0.3 is 5.97 Å². The average Bonchev–Trinajstić information content (AvgIpc) is 3.13. The van der Waals surface area contributed by atoms with Gasteiger partial charge in [0.05, 0.1) is 7.11 Å². The van der Waals surface area contributed by atoms with Crippen molar-refractivity contribution in [2.24, 2.45) is 0 Å². The number of ether oxygens (including phenoxy) is 2. The quantitative estimate of drug-likeness (QED) is 0.737. The lowest BCUT2D eigenvalue weighted by atomic mass is 9.69. The van der Waals surface area contributed by atoms with E-state index < -0.39 is 0 Å². The Kier molecular flexibility index (Phi) is 2.45. The highest BCUT2D eigenvalue weighted by Gasteiger charge is 2.62. The van der Waals surface area contributed by atoms with Gasteiger partial charge in [0.2, 0.25) is 0 Å². The molecule has 0 aromatic heterocycles. The summed E-state index contributed by atoms with van der Waals surface area (Å²) in [6, 6.07) is 6.37. The summed E-state index contributed by atoms with van der Waals surface area (Å²) in [6.07, 6.45) is 7.08. The second-order valence-corrected chi connectivity index (χ2v) is 6.46. The van der Waals surface area contributed by atoms with Crippen LogP contribution in [0.15, 0.2) is 18.2 Å². The lowest BCUT2D eigenvalue weighted by Crippen LogP contribution is -2.47. The van der Waals surface area contributed by atoms with Crippen molar-refractivity contribution < 1.29 is 14.3 Å². The van der Waals surface area contributed by atoms with Crippen molar-refractivity contribution >= 4 is 5.97 Å². The van der Waals surface area contributed by atoms with E-state index in [1.807, 2.05) is 6.07 Å². The van der Waals surface area contributed by atoms with E-state index in [0.717, 1.165) is 31.4 Å². The van der Waals surface area contributed by atoms with Crippen LogP contribution in [0.4, 0.5) is 0 Å². The normalized spacial score (nSPS) is 29.9. The fourth-order valence-corrected chi connectivity index (χ4v) is 4.79. The summed E-state index contributed by atoms with van der Waals surface area (Å²) < 4.78 is 11.3. The van der Waals surface area contributed by atoms with Gasteiger partial charge in [0, 0.05) is 18.3 Å². The number of carbonyl (C=O) groups is 1. The van der Waals surface area contributed by atoms with E-state index in [1.54, 1.807) is 7.11 Å². The fraction of sp³-hybridized carbons (Fsp3) is 0.588. The molecule has 1 atom stereocenters. The van der Waals surface area contributed by atoms with Crippen LogP contribution >= 0.6 is 0 Å². The number of carbonyl (C=O) groups excluding carboxylic acids is 1. The molecule has 1 saturated carbocycles. The van der Waals surface area contributed by atoms with Crippen LogP contribution in [0.5, 0.6) is 5.75 Å². The molecule has 2 spiro atoms. The third kappa shape index (κ3) is 1.38. The Hall–Kier alpha value is -1.51. The number of fused-ring (bicyclic) bond motifs is 3. The molecule has 3 aliphatic rings. The van der Waals surface area contributed by atoms with Crippen molar-refractivity contribution in [1.82, 2.24) is 0 Å². The zero-order chi connectivity index (χ0) is 13.8. The van der Waals surface area contributed by atoms with Gasteiger partial charge in [-0.2, -0.15) is 0 Å². The van der Waals surface area contributed by atoms with Crippen molar-refractivity contribution in [3.63, 3.8) is 0 Å². The van der Waals surface area contributed by atoms with Crippen LogP contribution in [0.25, 0.3) is 0 Å². The minimum Gasteiger partial charge on any atom is -0.497 e. The molecule has 2 fully saturated rings. The van der Waals surface area contributed by atoms with Crippen LogP contribution in [0, 0.1) is 0 Å². The van der Waals surface area contributed by atoms with Crippen LogP contribution in [-0.4, -0.2) is 18.7 Å².